The minimum absolute atomic E-state index is 0.0851. The van der Waals surface area contributed by atoms with Gasteiger partial charge in [0, 0.05) is 17.6 Å². The molecule has 2 amide bonds. The third-order valence-electron chi connectivity index (χ3n) is 5.99. The lowest BCUT2D eigenvalue weighted by molar-refractivity contribution is -0.118. The van der Waals surface area contributed by atoms with Gasteiger partial charge in [0.1, 0.15) is 6.10 Å². The molecule has 1 saturated heterocycles. The Labute approximate surface area is 189 Å². The molecule has 168 valence electrons. The van der Waals surface area contributed by atoms with E-state index in [4.69, 9.17) is 26.8 Å². The molecule has 3 atom stereocenters. The number of nitrogens with two attached hydrogens (primary N) is 1. The van der Waals surface area contributed by atoms with E-state index in [1.54, 1.807) is 0 Å². The first-order chi connectivity index (χ1) is 15.5. The van der Waals surface area contributed by atoms with E-state index < -0.39 is 6.09 Å². The molecule has 1 aromatic heterocycles. The number of amides is 2. The smallest absolute Gasteiger partial charge is 0.415 e. The van der Waals surface area contributed by atoms with Gasteiger partial charge in [0.2, 0.25) is 0 Å². The van der Waals surface area contributed by atoms with E-state index in [1.165, 1.54) is 16.7 Å². The molecule has 4 N–H and O–H groups in total. The van der Waals surface area contributed by atoms with Gasteiger partial charge in [0.15, 0.2) is 18.2 Å². The molecule has 2 aromatic rings. The first-order valence-corrected chi connectivity index (χ1v) is 10.9. The summed E-state index contributed by atoms with van der Waals surface area (Å²) in [6, 6.07) is 5.83. The standard InChI is InChI=1S/C21H23ClN6O4/c22-14-3-1-2-11-6-12(18(23)17(11)14)7-24-5-4-13-9-28(21(30)32-13)15-8-25-20-19(26-15)27-16(29)10-31-20/h1-3,8,12-13,18,24H,4-7,9-10,23H2,(H,26,27,29). The summed E-state index contributed by atoms with van der Waals surface area (Å²) in [4.78, 5) is 33.6. The SMILES string of the molecule is NC1c2c(Cl)cccc2CC1CNCCC1CN(c2cnc3c(n2)NC(=O)CO3)C(=O)O1. The summed E-state index contributed by atoms with van der Waals surface area (Å²) in [5.74, 6) is 0.697. The van der Waals surface area contributed by atoms with E-state index in [0.717, 1.165) is 23.6 Å². The summed E-state index contributed by atoms with van der Waals surface area (Å²) < 4.78 is 10.7. The van der Waals surface area contributed by atoms with Crippen molar-refractivity contribution >= 4 is 35.2 Å². The van der Waals surface area contributed by atoms with Crippen LogP contribution in [-0.4, -0.2) is 54.3 Å². The van der Waals surface area contributed by atoms with Crippen LogP contribution in [0.25, 0.3) is 0 Å². The molecule has 3 unspecified atom stereocenters. The molecule has 5 rings (SSSR count). The van der Waals surface area contributed by atoms with Gasteiger partial charge in [-0.1, -0.05) is 23.7 Å². The zero-order chi connectivity index (χ0) is 22.2. The summed E-state index contributed by atoms with van der Waals surface area (Å²) in [6.07, 6.45) is 2.21. The highest BCUT2D eigenvalue weighted by Crippen LogP contribution is 2.38. The predicted molar refractivity (Wildman–Crippen MR) is 117 cm³/mol. The summed E-state index contributed by atoms with van der Waals surface area (Å²) in [5, 5.41) is 6.75. The summed E-state index contributed by atoms with van der Waals surface area (Å²) in [6.45, 7) is 1.69. The summed E-state index contributed by atoms with van der Waals surface area (Å²) >= 11 is 6.31. The van der Waals surface area contributed by atoms with Crippen molar-refractivity contribution in [3.8, 4) is 5.88 Å². The van der Waals surface area contributed by atoms with Crippen LogP contribution in [0, 0.1) is 5.92 Å². The Morgan fingerprint density at radius 2 is 2.22 bits per heavy atom. The Balaban J connectivity index is 1.12. The number of cyclic esters (lactones) is 1. The van der Waals surface area contributed by atoms with Gasteiger partial charge in [0.25, 0.3) is 11.8 Å². The highest BCUT2D eigenvalue weighted by molar-refractivity contribution is 6.31. The van der Waals surface area contributed by atoms with Crippen molar-refractivity contribution in [3.63, 3.8) is 0 Å². The van der Waals surface area contributed by atoms with Gasteiger partial charge in [-0.05, 0) is 42.5 Å². The van der Waals surface area contributed by atoms with Crippen LogP contribution in [0.4, 0.5) is 16.4 Å². The van der Waals surface area contributed by atoms with Crippen molar-refractivity contribution in [1.29, 1.82) is 0 Å². The molecule has 2 aliphatic heterocycles. The number of nitrogens with one attached hydrogen (secondary N) is 2. The molecule has 1 fully saturated rings. The first kappa shape index (κ1) is 20.9. The van der Waals surface area contributed by atoms with Gasteiger partial charge in [-0.2, -0.15) is 0 Å². The Morgan fingerprint density at radius 1 is 1.34 bits per heavy atom. The van der Waals surface area contributed by atoms with Gasteiger partial charge < -0.3 is 25.8 Å². The van der Waals surface area contributed by atoms with Crippen LogP contribution >= 0.6 is 11.6 Å². The number of fused-ring (bicyclic) bond motifs is 2. The molecule has 3 heterocycles. The van der Waals surface area contributed by atoms with Crippen molar-refractivity contribution in [2.45, 2.75) is 25.0 Å². The summed E-state index contributed by atoms with van der Waals surface area (Å²) in [7, 11) is 0. The predicted octanol–water partition coefficient (Wildman–Crippen LogP) is 1.64. The number of halogens is 1. The minimum Gasteiger partial charge on any atom is -0.465 e. The topological polar surface area (TPSA) is 132 Å². The highest BCUT2D eigenvalue weighted by atomic mass is 35.5. The van der Waals surface area contributed by atoms with Crippen molar-refractivity contribution in [2.75, 3.05) is 36.5 Å². The number of hydrogen-bond donors (Lipinski definition) is 3. The number of rotatable bonds is 6. The Morgan fingerprint density at radius 3 is 3.06 bits per heavy atom. The molecule has 10 nitrogen and oxygen atoms in total. The van der Waals surface area contributed by atoms with Crippen LogP contribution < -0.4 is 26.0 Å². The molecular weight excluding hydrogens is 436 g/mol. The fraction of sp³-hybridized carbons (Fsp3) is 0.429. The second-order valence-electron chi connectivity index (χ2n) is 8.13. The molecule has 0 spiro atoms. The number of carbonyl (C=O) groups is 2. The van der Waals surface area contributed by atoms with E-state index in [-0.39, 0.29) is 42.3 Å². The highest BCUT2D eigenvalue weighted by Gasteiger charge is 2.35. The third kappa shape index (κ3) is 3.96. The van der Waals surface area contributed by atoms with Gasteiger partial charge in [-0.25, -0.2) is 14.8 Å². The average Bonchev–Trinajstić information content (AvgIpc) is 3.31. The molecule has 1 aliphatic carbocycles. The number of hydrogen-bond acceptors (Lipinski definition) is 8. The second-order valence-corrected chi connectivity index (χ2v) is 8.54. The van der Waals surface area contributed by atoms with Crippen LogP contribution in [0.2, 0.25) is 5.02 Å². The van der Waals surface area contributed by atoms with Crippen molar-refractivity contribution < 1.29 is 19.1 Å². The monoisotopic (exact) mass is 458 g/mol. The molecule has 0 saturated carbocycles. The van der Waals surface area contributed by atoms with Crippen LogP contribution in [0.3, 0.4) is 0 Å². The fourth-order valence-electron chi connectivity index (χ4n) is 4.37. The van der Waals surface area contributed by atoms with Crippen molar-refractivity contribution in [1.82, 2.24) is 15.3 Å². The van der Waals surface area contributed by atoms with E-state index in [1.807, 2.05) is 12.1 Å². The van der Waals surface area contributed by atoms with Gasteiger partial charge in [-0.3, -0.25) is 9.69 Å². The molecular formula is C21H23ClN6O4. The fourth-order valence-corrected chi connectivity index (χ4v) is 4.69. The number of benzene rings is 1. The van der Waals surface area contributed by atoms with Gasteiger partial charge in [-0.15, -0.1) is 0 Å². The van der Waals surface area contributed by atoms with Crippen LogP contribution in [0.1, 0.15) is 23.6 Å². The maximum atomic E-state index is 12.3. The molecule has 0 radical (unpaired) electrons. The first-order valence-electron chi connectivity index (χ1n) is 10.5. The summed E-state index contributed by atoms with van der Waals surface area (Å²) in [5.41, 5.74) is 8.67. The molecule has 1 aromatic carbocycles. The van der Waals surface area contributed by atoms with E-state index in [0.29, 0.717) is 25.3 Å². The van der Waals surface area contributed by atoms with Crippen LogP contribution in [0.5, 0.6) is 5.88 Å². The maximum absolute atomic E-state index is 12.3. The molecule has 0 bridgehead atoms. The van der Waals surface area contributed by atoms with Crippen molar-refractivity contribution in [3.05, 3.63) is 40.5 Å². The number of anilines is 2. The maximum Gasteiger partial charge on any atom is 0.415 e. The number of nitrogens with zero attached hydrogens (tertiary/aromatic N) is 3. The zero-order valence-electron chi connectivity index (χ0n) is 17.2. The van der Waals surface area contributed by atoms with Crippen molar-refractivity contribution in [2.24, 2.45) is 11.7 Å². The number of aromatic nitrogens is 2. The Bertz CT molecular complexity index is 1070. The lowest BCUT2D eigenvalue weighted by Gasteiger charge is -2.18. The van der Waals surface area contributed by atoms with Crippen LogP contribution in [0.15, 0.2) is 24.4 Å². The largest absolute Gasteiger partial charge is 0.465 e. The van der Waals surface area contributed by atoms with E-state index in [9.17, 15) is 9.59 Å². The molecule has 11 heteroatoms. The zero-order valence-corrected chi connectivity index (χ0v) is 18.0. The molecule has 32 heavy (non-hydrogen) atoms. The minimum atomic E-state index is -0.491. The number of carbonyl (C=O) groups excluding carboxylic acids is 2. The van der Waals surface area contributed by atoms with E-state index >= 15 is 0 Å². The quantitative estimate of drug-likeness (QED) is 0.556. The number of ether oxygens (including phenoxy) is 2. The van der Waals surface area contributed by atoms with E-state index in [2.05, 4.69) is 26.7 Å². The lowest BCUT2D eigenvalue weighted by Crippen LogP contribution is -2.32. The molecule has 3 aliphatic rings. The Hall–Kier alpha value is -2.95. The Kier molecular flexibility index (Phi) is 5.58. The van der Waals surface area contributed by atoms with Gasteiger partial charge in [0.05, 0.1) is 12.7 Å². The van der Waals surface area contributed by atoms with Crippen LogP contribution in [-0.2, 0) is 16.0 Å². The second kappa shape index (κ2) is 8.53. The van der Waals surface area contributed by atoms with Gasteiger partial charge >= 0.3 is 6.09 Å². The normalized spacial score (nSPS) is 23.9. The lowest BCUT2D eigenvalue weighted by atomic mass is 10.0. The average molecular weight is 459 g/mol. The third-order valence-corrected chi connectivity index (χ3v) is 6.32.